The van der Waals surface area contributed by atoms with Gasteiger partial charge in [0.1, 0.15) is 5.78 Å². The summed E-state index contributed by atoms with van der Waals surface area (Å²) in [6.07, 6.45) is 5.74. The number of carbonyl (C=O) groups excluding carboxylic acids is 3. The quantitative estimate of drug-likeness (QED) is 0.390. The maximum atomic E-state index is 13.0. The van der Waals surface area contributed by atoms with Gasteiger partial charge in [-0.1, -0.05) is 13.0 Å². The predicted molar refractivity (Wildman–Crippen MR) is 145 cm³/mol. The van der Waals surface area contributed by atoms with Gasteiger partial charge >= 0.3 is 0 Å². The van der Waals surface area contributed by atoms with Gasteiger partial charge in [-0.3, -0.25) is 18.8 Å². The minimum atomic E-state index is -0.0281. The molecule has 0 saturated carbocycles. The third kappa shape index (κ3) is 4.32. The Morgan fingerprint density at radius 2 is 1.84 bits per heavy atom. The van der Waals surface area contributed by atoms with E-state index in [2.05, 4.69) is 21.7 Å². The summed E-state index contributed by atoms with van der Waals surface area (Å²) in [5.74, 6) is 0.364. The smallest absolute Gasteiger partial charge is 0.253 e. The molecular formula is C30H29N5O3. The molecule has 8 heteroatoms. The lowest BCUT2D eigenvalue weighted by atomic mass is 9.91. The summed E-state index contributed by atoms with van der Waals surface area (Å²) in [5, 5.41) is 6.29. The van der Waals surface area contributed by atoms with Crippen LogP contribution in [0.2, 0.25) is 0 Å². The number of anilines is 2. The minimum Gasteiger partial charge on any atom is -0.352 e. The van der Waals surface area contributed by atoms with Gasteiger partial charge in [-0.05, 0) is 72.5 Å². The van der Waals surface area contributed by atoms with Crippen molar-refractivity contribution in [1.29, 1.82) is 0 Å². The number of hydrogen-bond acceptors (Lipinski definition) is 5. The second-order valence-electron chi connectivity index (χ2n) is 9.90. The van der Waals surface area contributed by atoms with Gasteiger partial charge in [-0.2, -0.15) is 0 Å². The van der Waals surface area contributed by atoms with Crippen LogP contribution < -0.4 is 10.6 Å². The predicted octanol–water partition coefficient (Wildman–Crippen LogP) is 4.82. The molecule has 6 rings (SSSR count). The van der Waals surface area contributed by atoms with Gasteiger partial charge in [-0.25, -0.2) is 4.98 Å². The third-order valence-corrected chi connectivity index (χ3v) is 7.63. The van der Waals surface area contributed by atoms with E-state index in [9.17, 15) is 14.4 Å². The van der Waals surface area contributed by atoms with Crippen molar-refractivity contribution in [3.8, 4) is 11.3 Å². The second kappa shape index (κ2) is 9.78. The van der Waals surface area contributed by atoms with E-state index in [1.165, 1.54) is 0 Å². The number of likely N-dealkylation sites (tertiary alicyclic amines) is 1. The SMILES string of the molecule is CCC(=O)C1CCN(C(=O)c2ccc(Nc3ccc(-c4ccc5c(c4)CNC5=O)n4ccnc34)cc2)CC1. The van der Waals surface area contributed by atoms with Crippen molar-refractivity contribution in [3.63, 3.8) is 0 Å². The van der Waals surface area contributed by atoms with Crippen LogP contribution in [0, 0.1) is 5.92 Å². The molecule has 4 aromatic rings. The van der Waals surface area contributed by atoms with Gasteiger partial charge < -0.3 is 15.5 Å². The number of nitrogens with one attached hydrogen (secondary N) is 2. The number of Topliss-reactive ketones (excluding diaryl/α,β-unsaturated/α-hetero) is 1. The maximum Gasteiger partial charge on any atom is 0.253 e. The van der Waals surface area contributed by atoms with Crippen LogP contribution >= 0.6 is 0 Å². The summed E-state index contributed by atoms with van der Waals surface area (Å²) in [7, 11) is 0. The average molecular weight is 508 g/mol. The van der Waals surface area contributed by atoms with Crippen LogP contribution in [0.5, 0.6) is 0 Å². The first kappa shape index (κ1) is 23.9. The van der Waals surface area contributed by atoms with Crippen molar-refractivity contribution in [3.05, 3.63) is 83.7 Å². The van der Waals surface area contributed by atoms with E-state index in [4.69, 9.17) is 0 Å². The molecule has 192 valence electrons. The number of piperidine rings is 1. The molecule has 0 bridgehead atoms. The number of benzene rings is 2. The molecule has 0 radical (unpaired) electrons. The Morgan fingerprint density at radius 3 is 2.61 bits per heavy atom. The van der Waals surface area contributed by atoms with Crippen molar-refractivity contribution in [2.24, 2.45) is 5.92 Å². The largest absolute Gasteiger partial charge is 0.352 e. The Labute approximate surface area is 220 Å². The summed E-state index contributed by atoms with van der Waals surface area (Å²) < 4.78 is 2.03. The molecule has 0 atom stereocenters. The number of nitrogens with zero attached hydrogens (tertiary/aromatic N) is 3. The topological polar surface area (TPSA) is 95.8 Å². The number of hydrogen-bond donors (Lipinski definition) is 2. The summed E-state index contributed by atoms with van der Waals surface area (Å²) in [5.41, 5.74) is 6.84. The van der Waals surface area contributed by atoms with E-state index in [0.29, 0.717) is 37.4 Å². The first-order chi connectivity index (χ1) is 18.5. The first-order valence-corrected chi connectivity index (χ1v) is 13.1. The molecule has 2 aromatic carbocycles. The summed E-state index contributed by atoms with van der Waals surface area (Å²) in [4.78, 5) is 43.3. The third-order valence-electron chi connectivity index (χ3n) is 7.63. The Morgan fingerprint density at radius 1 is 1.05 bits per heavy atom. The molecule has 2 aliphatic heterocycles. The number of imidazole rings is 1. The molecule has 2 aromatic heterocycles. The zero-order valence-electron chi connectivity index (χ0n) is 21.2. The molecule has 2 aliphatic rings. The van der Waals surface area contributed by atoms with Crippen molar-refractivity contribution < 1.29 is 14.4 Å². The standard InChI is InChI=1S/C30H29N5O3/c1-2-27(36)19-11-14-34(15-12-19)30(38)20-3-6-23(7-4-20)33-25-9-10-26(35-16-13-31-28(25)35)21-5-8-24-22(17-21)18-32-29(24)37/h3-10,13,16-17,19,33H,2,11-12,14-15,18H2,1H3,(H,32,37). The molecule has 1 fully saturated rings. The number of amides is 2. The lowest BCUT2D eigenvalue weighted by molar-refractivity contribution is -0.123. The number of pyridine rings is 1. The lowest BCUT2D eigenvalue weighted by Crippen LogP contribution is -2.40. The van der Waals surface area contributed by atoms with Crippen molar-refractivity contribution in [2.75, 3.05) is 18.4 Å². The Kier molecular flexibility index (Phi) is 6.15. The van der Waals surface area contributed by atoms with Crippen LogP contribution in [0.3, 0.4) is 0 Å². The number of aromatic nitrogens is 2. The van der Waals surface area contributed by atoms with E-state index in [0.717, 1.165) is 52.2 Å². The van der Waals surface area contributed by atoms with Crippen LogP contribution in [0.15, 0.2) is 67.0 Å². The molecule has 0 unspecified atom stereocenters. The highest BCUT2D eigenvalue weighted by Gasteiger charge is 2.27. The van der Waals surface area contributed by atoms with Gasteiger partial charge in [0.25, 0.3) is 11.8 Å². The normalized spacial score (nSPS) is 15.4. The van der Waals surface area contributed by atoms with Crippen molar-refractivity contribution in [2.45, 2.75) is 32.7 Å². The van der Waals surface area contributed by atoms with E-state index in [-0.39, 0.29) is 17.7 Å². The van der Waals surface area contributed by atoms with Crippen molar-refractivity contribution in [1.82, 2.24) is 19.6 Å². The first-order valence-electron chi connectivity index (χ1n) is 13.1. The number of carbonyl (C=O) groups is 3. The number of rotatable bonds is 6. The van der Waals surface area contributed by atoms with Crippen LogP contribution in [-0.4, -0.2) is 45.0 Å². The zero-order valence-corrected chi connectivity index (χ0v) is 21.2. The summed E-state index contributed by atoms with van der Waals surface area (Å²) in [6.45, 7) is 3.69. The lowest BCUT2D eigenvalue weighted by Gasteiger charge is -2.31. The molecule has 1 saturated heterocycles. The second-order valence-corrected chi connectivity index (χ2v) is 9.90. The summed E-state index contributed by atoms with van der Waals surface area (Å²) >= 11 is 0. The molecule has 38 heavy (non-hydrogen) atoms. The van der Waals surface area contributed by atoms with Gasteiger partial charge in [-0.15, -0.1) is 0 Å². The average Bonchev–Trinajstić information content (AvgIpc) is 3.60. The molecule has 0 spiro atoms. The molecule has 0 aliphatic carbocycles. The fraction of sp³-hybridized carbons (Fsp3) is 0.267. The minimum absolute atomic E-state index is 0.00481. The van der Waals surface area contributed by atoms with Gasteiger partial charge in [0.15, 0.2) is 5.65 Å². The molecular weight excluding hydrogens is 478 g/mol. The van der Waals surface area contributed by atoms with Crippen LogP contribution in [0.1, 0.15) is 52.5 Å². The van der Waals surface area contributed by atoms with E-state index in [1.807, 2.05) is 71.0 Å². The number of fused-ring (bicyclic) bond motifs is 2. The summed E-state index contributed by atoms with van der Waals surface area (Å²) in [6, 6.07) is 17.4. The monoisotopic (exact) mass is 507 g/mol. The number of ketones is 1. The van der Waals surface area contributed by atoms with Gasteiger partial charge in [0, 0.05) is 61.2 Å². The van der Waals surface area contributed by atoms with E-state index >= 15 is 0 Å². The zero-order chi connectivity index (χ0) is 26.2. The molecule has 2 amide bonds. The Bertz CT molecular complexity index is 1550. The highest BCUT2D eigenvalue weighted by molar-refractivity contribution is 5.99. The van der Waals surface area contributed by atoms with Gasteiger partial charge in [0.05, 0.1) is 11.4 Å². The maximum absolute atomic E-state index is 13.0. The van der Waals surface area contributed by atoms with Crippen LogP contribution in [0.4, 0.5) is 11.4 Å². The Balaban J connectivity index is 1.18. The fourth-order valence-corrected chi connectivity index (χ4v) is 5.47. The molecule has 2 N–H and O–H groups in total. The highest BCUT2D eigenvalue weighted by Crippen LogP contribution is 2.30. The highest BCUT2D eigenvalue weighted by atomic mass is 16.2. The van der Waals surface area contributed by atoms with Crippen LogP contribution in [-0.2, 0) is 11.3 Å². The van der Waals surface area contributed by atoms with E-state index < -0.39 is 0 Å². The fourth-order valence-electron chi connectivity index (χ4n) is 5.47. The van der Waals surface area contributed by atoms with E-state index in [1.54, 1.807) is 6.20 Å². The molecule has 8 nitrogen and oxygen atoms in total. The van der Waals surface area contributed by atoms with Gasteiger partial charge in [0.2, 0.25) is 0 Å². The molecule has 4 heterocycles. The van der Waals surface area contributed by atoms with Crippen LogP contribution in [0.25, 0.3) is 16.9 Å². The Hall–Kier alpha value is -4.46. The van der Waals surface area contributed by atoms with Crippen molar-refractivity contribution >= 4 is 34.6 Å².